The number of H-pyrrole nitrogens is 1. The summed E-state index contributed by atoms with van der Waals surface area (Å²) in [5, 5.41) is 1.02. The van der Waals surface area contributed by atoms with E-state index >= 15 is 0 Å². The number of nitrogens with one attached hydrogen (secondary N) is 1. The Morgan fingerprint density at radius 2 is 1.55 bits per heavy atom. The van der Waals surface area contributed by atoms with Gasteiger partial charge in [-0.15, -0.1) is 0 Å². The van der Waals surface area contributed by atoms with Crippen LogP contribution in [0.15, 0.2) is 102 Å². The Morgan fingerprint density at radius 1 is 0.857 bits per heavy atom. The van der Waals surface area contributed by atoms with Crippen LogP contribution < -0.4 is 16.2 Å². The maximum atomic E-state index is 13.5. The minimum absolute atomic E-state index is 0.158. The van der Waals surface area contributed by atoms with Gasteiger partial charge in [-0.1, -0.05) is 60.7 Å². The quantitative estimate of drug-likeness (QED) is 0.212. The zero-order valence-electron chi connectivity index (χ0n) is 23.7. The van der Waals surface area contributed by atoms with E-state index in [9.17, 15) is 4.79 Å². The maximum Gasteiger partial charge on any atom is 0.275 e. The molecule has 0 atom stereocenters. The lowest BCUT2D eigenvalue weighted by Gasteiger charge is -2.26. The molecule has 0 fully saturated rings. The zero-order chi connectivity index (χ0) is 28.5. The van der Waals surface area contributed by atoms with Crippen molar-refractivity contribution in [3.05, 3.63) is 130 Å². The molecule has 6 aromatic rings. The summed E-state index contributed by atoms with van der Waals surface area (Å²) in [6.07, 6.45) is 6.23. The number of rotatable bonds is 9. The van der Waals surface area contributed by atoms with Gasteiger partial charge in [0.05, 0.1) is 11.0 Å². The normalized spacial score (nSPS) is 12.7. The van der Waals surface area contributed by atoms with E-state index in [4.69, 9.17) is 10.7 Å². The zero-order valence-corrected chi connectivity index (χ0v) is 23.7. The van der Waals surface area contributed by atoms with Crippen molar-refractivity contribution in [2.45, 2.75) is 45.3 Å². The van der Waals surface area contributed by atoms with Crippen LogP contribution in [0, 0.1) is 0 Å². The molecule has 6 heteroatoms. The van der Waals surface area contributed by atoms with Crippen LogP contribution in [0.25, 0.3) is 33.2 Å². The first-order valence-electron chi connectivity index (χ1n) is 14.9. The fraction of sp³-hybridized carbons (Fsp3) is 0.222. The van der Waals surface area contributed by atoms with Crippen molar-refractivity contribution in [1.82, 2.24) is 14.5 Å². The van der Waals surface area contributed by atoms with E-state index in [1.165, 1.54) is 22.3 Å². The standard InChI is InChI=1S/C36H35N5O/c37-17-8-18-40-24-31(35-36(42)39-33-20-28-14-7-13-27(28)19-32(33)38-35)30-21-29(15-16-34(30)40)41(22-25-9-3-1-4-10-25)23-26-11-5-2-6-12-26/h1-6,9-12,15-16,19-21,24H,7-8,13-14,17-18,22-23,37H2,(H,39,42). The fourth-order valence-corrected chi connectivity index (χ4v) is 6.30. The average molecular weight is 554 g/mol. The van der Waals surface area contributed by atoms with Gasteiger partial charge in [0.1, 0.15) is 5.69 Å². The van der Waals surface area contributed by atoms with Crippen LogP contribution in [0.1, 0.15) is 35.1 Å². The average Bonchev–Trinajstić information content (AvgIpc) is 3.63. The molecule has 0 saturated carbocycles. The van der Waals surface area contributed by atoms with Gasteiger partial charge in [-0.2, -0.15) is 0 Å². The predicted octanol–water partition coefficient (Wildman–Crippen LogP) is 6.59. The summed E-state index contributed by atoms with van der Waals surface area (Å²) in [5.74, 6) is 0. The third-order valence-corrected chi connectivity index (χ3v) is 8.43. The monoisotopic (exact) mass is 553 g/mol. The summed E-state index contributed by atoms with van der Waals surface area (Å²) >= 11 is 0. The van der Waals surface area contributed by atoms with Crippen LogP contribution in [-0.2, 0) is 32.5 Å². The van der Waals surface area contributed by atoms with Gasteiger partial charge in [-0.3, -0.25) is 4.79 Å². The molecule has 210 valence electrons. The van der Waals surface area contributed by atoms with Crippen molar-refractivity contribution in [2.75, 3.05) is 11.4 Å². The lowest BCUT2D eigenvalue weighted by Crippen LogP contribution is -2.22. The second-order valence-electron chi connectivity index (χ2n) is 11.3. The molecular weight excluding hydrogens is 518 g/mol. The van der Waals surface area contributed by atoms with E-state index < -0.39 is 0 Å². The minimum atomic E-state index is -0.158. The van der Waals surface area contributed by atoms with Crippen molar-refractivity contribution in [3.8, 4) is 11.3 Å². The molecule has 4 aromatic carbocycles. The second kappa shape index (κ2) is 11.3. The first-order chi connectivity index (χ1) is 20.7. The van der Waals surface area contributed by atoms with Gasteiger partial charge >= 0.3 is 0 Å². The first kappa shape index (κ1) is 26.2. The first-order valence-corrected chi connectivity index (χ1v) is 14.9. The number of nitrogens with zero attached hydrogens (tertiary/aromatic N) is 3. The Bertz CT molecular complexity index is 1880. The summed E-state index contributed by atoms with van der Waals surface area (Å²) < 4.78 is 2.22. The maximum absolute atomic E-state index is 13.5. The third-order valence-electron chi connectivity index (χ3n) is 8.43. The van der Waals surface area contributed by atoms with E-state index in [0.717, 1.165) is 78.5 Å². The summed E-state index contributed by atoms with van der Waals surface area (Å²) in [6, 6.07) is 32.0. The van der Waals surface area contributed by atoms with Crippen molar-refractivity contribution in [2.24, 2.45) is 5.73 Å². The Morgan fingerprint density at radius 3 is 2.24 bits per heavy atom. The number of fused-ring (bicyclic) bond motifs is 3. The summed E-state index contributed by atoms with van der Waals surface area (Å²) in [7, 11) is 0. The van der Waals surface area contributed by atoms with E-state index in [1.807, 2.05) is 0 Å². The van der Waals surface area contributed by atoms with Crippen molar-refractivity contribution in [1.29, 1.82) is 0 Å². The lowest BCUT2D eigenvalue weighted by molar-refractivity contribution is 0.671. The molecule has 2 heterocycles. The van der Waals surface area contributed by atoms with Gasteiger partial charge in [0.2, 0.25) is 0 Å². The molecule has 1 aliphatic carbocycles. The van der Waals surface area contributed by atoms with Gasteiger partial charge < -0.3 is 20.2 Å². The van der Waals surface area contributed by atoms with Crippen molar-refractivity contribution >= 4 is 27.6 Å². The molecule has 0 unspecified atom stereocenters. The Labute approximate surface area is 245 Å². The highest BCUT2D eigenvalue weighted by Gasteiger charge is 2.19. The van der Waals surface area contributed by atoms with E-state index in [1.54, 1.807) is 0 Å². The molecule has 0 spiro atoms. The number of hydrogen-bond donors (Lipinski definition) is 2. The van der Waals surface area contributed by atoms with Gasteiger partial charge in [-0.25, -0.2) is 4.98 Å². The smallest absolute Gasteiger partial charge is 0.275 e. The summed E-state index contributed by atoms with van der Waals surface area (Å²) in [4.78, 5) is 24.1. The minimum Gasteiger partial charge on any atom is -0.363 e. The van der Waals surface area contributed by atoms with Crippen molar-refractivity contribution < 1.29 is 0 Å². The number of aryl methyl sites for hydroxylation is 3. The Balaban J connectivity index is 1.37. The van der Waals surface area contributed by atoms with Gasteiger partial charge in [-0.05, 0) is 84.8 Å². The van der Waals surface area contributed by atoms with E-state index in [2.05, 4.69) is 112 Å². The van der Waals surface area contributed by atoms with Crippen LogP contribution in [0.3, 0.4) is 0 Å². The third kappa shape index (κ3) is 5.10. The molecule has 7 rings (SSSR count). The van der Waals surface area contributed by atoms with E-state index in [0.29, 0.717) is 12.2 Å². The number of hydrogen-bond acceptors (Lipinski definition) is 4. The predicted molar refractivity (Wildman–Crippen MR) is 172 cm³/mol. The lowest BCUT2D eigenvalue weighted by atomic mass is 10.1. The van der Waals surface area contributed by atoms with Gasteiger partial charge in [0.25, 0.3) is 5.56 Å². The number of aromatic amines is 1. The summed E-state index contributed by atoms with van der Waals surface area (Å²) in [5.41, 5.74) is 16.1. The highest BCUT2D eigenvalue weighted by molar-refractivity contribution is 5.98. The Hall–Kier alpha value is -4.68. The topological polar surface area (TPSA) is 79.9 Å². The largest absolute Gasteiger partial charge is 0.363 e. The molecule has 0 saturated heterocycles. The highest BCUT2D eigenvalue weighted by atomic mass is 16.1. The number of anilines is 1. The van der Waals surface area contributed by atoms with Crippen molar-refractivity contribution in [3.63, 3.8) is 0 Å². The Kier molecular flexibility index (Phi) is 7.06. The molecule has 2 aromatic heterocycles. The molecule has 0 bridgehead atoms. The van der Waals surface area contributed by atoms with Crippen LogP contribution in [0.5, 0.6) is 0 Å². The van der Waals surface area contributed by atoms with Crippen LogP contribution in [-0.4, -0.2) is 21.1 Å². The molecule has 3 N–H and O–H groups in total. The summed E-state index contributed by atoms with van der Waals surface area (Å²) in [6.45, 7) is 2.92. The van der Waals surface area contributed by atoms with Crippen LogP contribution >= 0.6 is 0 Å². The molecule has 0 aliphatic heterocycles. The fourth-order valence-electron chi connectivity index (χ4n) is 6.30. The van der Waals surface area contributed by atoms with Gasteiger partial charge in [0.15, 0.2) is 0 Å². The molecule has 0 radical (unpaired) electrons. The number of benzene rings is 4. The molecule has 0 amide bonds. The molecule has 42 heavy (non-hydrogen) atoms. The van der Waals surface area contributed by atoms with Crippen LogP contribution in [0.2, 0.25) is 0 Å². The highest BCUT2D eigenvalue weighted by Crippen LogP contribution is 2.34. The number of nitrogens with two attached hydrogens (primary N) is 1. The second-order valence-corrected chi connectivity index (χ2v) is 11.3. The molecule has 6 nitrogen and oxygen atoms in total. The molecular formula is C36H35N5O. The van der Waals surface area contributed by atoms with Gasteiger partial charge in [0, 0.05) is 48.0 Å². The number of aromatic nitrogens is 3. The van der Waals surface area contributed by atoms with Crippen LogP contribution in [0.4, 0.5) is 5.69 Å². The van der Waals surface area contributed by atoms with E-state index in [-0.39, 0.29) is 5.56 Å². The SMILES string of the molecule is NCCCn1cc(-c2nc3cc4c(cc3[nH]c2=O)CCC4)c2cc(N(Cc3ccccc3)Cc3ccccc3)ccc21. The molecule has 1 aliphatic rings.